The van der Waals surface area contributed by atoms with Gasteiger partial charge in [0.15, 0.2) is 11.9 Å². The van der Waals surface area contributed by atoms with Crippen molar-refractivity contribution in [3.63, 3.8) is 0 Å². The number of rotatable bonds is 5. The highest BCUT2D eigenvalue weighted by molar-refractivity contribution is 5.94. The first-order valence-corrected chi connectivity index (χ1v) is 6.72. The number of ether oxygens (including phenoxy) is 1. The van der Waals surface area contributed by atoms with E-state index >= 15 is 0 Å². The molecule has 0 saturated carbocycles. The van der Waals surface area contributed by atoms with Gasteiger partial charge in [0, 0.05) is 11.8 Å². The number of carbonyl (C=O) groups excluding carboxylic acids is 1. The Labute approximate surface area is 132 Å². The molecule has 116 valence electrons. The molecule has 1 amide bonds. The highest BCUT2D eigenvalue weighted by Crippen LogP contribution is 2.27. The average molecular weight is 311 g/mol. The van der Waals surface area contributed by atoms with Crippen molar-refractivity contribution in [1.29, 1.82) is 5.26 Å². The zero-order valence-corrected chi connectivity index (χ0v) is 12.2. The van der Waals surface area contributed by atoms with Crippen molar-refractivity contribution in [2.45, 2.75) is 13.0 Å². The highest BCUT2D eigenvalue weighted by atomic mass is 16.6. The molecule has 1 atom stereocenters. The Bertz CT molecular complexity index is 766. The number of nitro groups is 1. The van der Waals surface area contributed by atoms with Crippen LogP contribution in [0.4, 0.5) is 11.4 Å². The van der Waals surface area contributed by atoms with E-state index in [-0.39, 0.29) is 11.4 Å². The number of para-hydroxylation sites is 2. The van der Waals surface area contributed by atoms with Gasteiger partial charge in [-0.15, -0.1) is 0 Å². The number of benzene rings is 2. The molecule has 0 spiro atoms. The zero-order chi connectivity index (χ0) is 16.8. The molecule has 0 aliphatic carbocycles. The lowest BCUT2D eigenvalue weighted by Gasteiger charge is -2.14. The van der Waals surface area contributed by atoms with E-state index in [2.05, 4.69) is 5.32 Å². The first-order valence-electron chi connectivity index (χ1n) is 6.72. The largest absolute Gasteiger partial charge is 0.474 e. The first-order chi connectivity index (χ1) is 11.0. The minimum absolute atomic E-state index is 0.0278. The lowest BCUT2D eigenvalue weighted by Crippen LogP contribution is -2.30. The quantitative estimate of drug-likeness (QED) is 0.675. The molecular weight excluding hydrogens is 298 g/mol. The fourth-order valence-corrected chi connectivity index (χ4v) is 1.82. The number of carbonyl (C=O) groups is 1. The molecule has 0 fully saturated rings. The molecule has 7 heteroatoms. The molecule has 1 N–H and O–H groups in total. The molecule has 0 aliphatic heterocycles. The molecular formula is C16H13N3O4. The Morgan fingerprint density at radius 1 is 1.26 bits per heavy atom. The summed E-state index contributed by atoms with van der Waals surface area (Å²) < 4.78 is 5.38. The van der Waals surface area contributed by atoms with Crippen molar-refractivity contribution in [2.75, 3.05) is 5.32 Å². The van der Waals surface area contributed by atoms with Gasteiger partial charge in [-0.2, -0.15) is 5.26 Å². The van der Waals surface area contributed by atoms with Crippen LogP contribution >= 0.6 is 0 Å². The van der Waals surface area contributed by atoms with Gasteiger partial charge in [0.25, 0.3) is 5.91 Å². The summed E-state index contributed by atoms with van der Waals surface area (Å²) in [6, 6.07) is 14.2. The minimum Gasteiger partial charge on any atom is -0.474 e. The van der Waals surface area contributed by atoms with Gasteiger partial charge in [-0.1, -0.05) is 12.1 Å². The Morgan fingerprint density at radius 2 is 1.91 bits per heavy atom. The van der Waals surface area contributed by atoms with Gasteiger partial charge in [-0.25, -0.2) is 0 Å². The molecule has 0 saturated heterocycles. The predicted octanol–water partition coefficient (Wildman–Crippen LogP) is 2.87. The SMILES string of the molecule is C[C@H](Oc1ccccc1[N+](=O)[O-])C(=O)Nc1ccc(C#N)cc1. The molecule has 2 aromatic carbocycles. The van der Waals surface area contributed by atoms with Crippen LogP contribution in [-0.2, 0) is 4.79 Å². The van der Waals surface area contributed by atoms with E-state index in [0.717, 1.165) is 0 Å². The summed E-state index contributed by atoms with van der Waals surface area (Å²) in [7, 11) is 0. The van der Waals surface area contributed by atoms with Crippen LogP contribution in [-0.4, -0.2) is 16.9 Å². The second-order valence-electron chi connectivity index (χ2n) is 4.66. The van der Waals surface area contributed by atoms with Crippen molar-refractivity contribution in [3.05, 3.63) is 64.2 Å². The van der Waals surface area contributed by atoms with E-state index in [0.29, 0.717) is 11.3 Å². The molecule has 0 aromatic heterocycles. The van der Waals surface area contributed by atoms with Gasteiger partial charge in [0.2, 0.25) is 0 Å². The summed E-state index contributed by atoms with van der Waals surface area (Å²) in [5.74, 6) is -0.423. The van der Waals surface area contributed by atoms with Crippen LogP contribution in [0.5, 0.6) is 5.75 Å². The fraction of sp³-hybridized carbons (Fsp3) is 0.125. The third-order valence-corrected chi connectivity index (χ3v) is 3.02. The number of hydrogen-bond acceptors (Lipinski definition) is 5. The molecule has 0 unspecified atom stereocenters. The van der Waals surface area contributed by atoms with Crippen LogP contribution in [0.1, 0.15) is 12.5 Å². The number of amides is 1. The molecule has 2 rings (SSSR count). The second-order valence-corrected chi connectivity index (χ2v) is 4.66. The van der Waals surface area contributed by atoms with Crippen LogP contribution in [0.25, 0.3) is 0 Å². The number of nitrogens with zero attached hydrogens (tertiary/aromatic N) is 2. The van der Waals surface area contributed by atoms with Gasteiger partial charge in [-0.05, 0) is 37.3 Å². The average Bonchev–Trinajstić information content (AvgIpc) is 2.55. The van der Waals surface area contributed by atoms with E-state index in [4.69, 9.17) is 10.00 Å². The molecule has 2 aromatic rings. The van der Waals surface area contributed by atoms with Crippen LogP contribution in [0.3, 0.4) is 0 Å². The number of anilines is 1. The summed E-state index contributed by atoms with van der Waals surface area (Å²) in [5.41, 5.74) is 0.782. The number of nitrogens with one attached hydrogen (secondary N) is 1. The minimum atomic E-state index is -0.924. The summed E-state index contributed by atoms with van der Waals surface area (Å²) in [6.45, 7) is 1.50. The maximum Gasteiger partial charge on any atom is 0.310 e. The van der Waals surface area contributed by atoms with Crippen LogP contribution in [0.15, 0.2) is 48.5 Å². The summed E-state index contributed by atoms with van der Waals surface area (Å²) in [4.78, 5) is 22.4. The lowest BCUT2D eigenvalue weighted by atomic mass is 10.2. The summed E-state index contributed by atoms with van der Waals surface area (Å²) in [6.07, 6.45) is -0.924. The second kappa shape index (κ2) is 7.04. The van der Waals surface area contributed by atoms with Crippen LogP contribution in [0.2, 0.25) is 0 Å². The lowest BCUT2D eigenvalue weighted by molar-refractivity contribution is -0.386. The summed E-state index contributed by atoms with van der Waals surface area (Å²) >= 11 is 0. The monoisotopic (exact) mass is 311 g/mol. The standard InChI is InChI=1S/C16H13N3O4/c1-11(23-15-5-3-2-4-14(15)19(21)22)16(20)18-13-8-6-12(10-17)7-9-13/h2-9,11H,1H3,(H,18,20)/t11-/m0/s1. The van der Waals surface area contributed by atoms with Gasteiger partial charge in [-0.3, -0.25) is 14.9 Å². The highest BCUT2D eigenvalue weighted by Gasteiger charge is 2.20. The van der Waals surface area contributed by atoms with Crippen LogP contribution in [0, 0.1) is 21.4 Å². The maximum atomic E-state index is 12.1. The zero-order valence-electron chi connectivity index (χ0n) is 12.2. The van der Waals surface area contributed by atoms with Crippen molar-refractivity contribution in [2.24, 2.45) is 0 Å². The Balaban J connectivity index is 2.05. The van der Waals surface area contributed by atoms with Crippen molar-refractivity contribution >= 4 is 17.3 Å². The summed E-state index contributed by atoms with van der Waals surface area (Å²) in [5, 5.41) is 22.3. The molecule has 0 heterocycles. The van der Waals surface area contributed by atoms with Crippen molar-refractivity contribution < 1.29 is 14.5 Å². The first kappa shape index (κ1) is 16.0. The van der Waals surface area contributed by atoms with Crippen molar-refractivity contribution in [1.82, 2.24) is 0 Å². The normalized spacial score (nSPS) is 11.1. The van der Waals surface area contributed by atoms with E-state index in [1.807, 2.05) is 6.07 Å². The predicted molar refractivity (Wildman–Crippen MR) is 83.0 cm³/mol. The van der Waals surface area contributed by atoms with Gasteiger partial charge in [0.05, 0.1) is 16.6 Å². The Kier molecular flexibility index (Phi) is 4.89. The van der Waals surface area contributed by atoms with Crippen molar-refractivity contribution in [3.8, 4) is 11.8 Å². The molecule has 0 bridgehead atoms. The smallest absolute Gasteiger partial charge is 0.310 e. The molecule has 0 aliphatic rings. The van der Waals surface area contributed by atoms with Gasteiger partial charge >= 0.3 is 5.69 Å². The Morgan fingerprint density at radius 3 is 2.52 bits per heavy atom. The topological polar surface area (TPSA) is 105 Å². The van der Waals surface area contributed by atoms with E-state index in [1.54, 1.807) is 30.3 Å². The maximum absolute atomic E-state index is 12.1. The van der Waals surface area contributed by atoms with E-state index < -0.39 is 16.9 Å². The van der Waals surface area contributed by atoms with Gasteiger partial charge < -0.3 is 10.1 Å². The fourth-order valence-electron chi connectivity index (χ4n) is 1.82. The molecule has 23 heavy (non-hydrogen) atoms. The third kappa shape index (κ3) is 4.04. The molecule has 7 nitrogen and oxygen atoms in total. The number of nitro benzene ring substituents is 1. The van der Waals surface area contributed by atoms with E-state index in [9.17, 15) is 14.9 Å². The number of hydrogen-bond donors (Lipinski definition) is 1. The number of nitriles is 1. The third-order valence-electron chi connectivity index (χ3n) is 3.02. The molecule has 0 radical (unpaired) electrons. The van der Waals surface area contributed by atoms with Crippen LogP contribution < -0.4 is 10.1 Å². The Hall–Kier alpha value is -3.40. The van der Waals surface area contributed by atoms with Gasteiger partial charge in [0.1, 0.15) is 0 Å². The van der Waals surface area contributed by atoms with E-state index in [1.165, 1.54) is 25.1 Å².